The summed E-state index contributed by atoms with van der Waals surface area (Å²) in [4.78, 5) is 35.4. The summed E-state index contributed by atoms with van der Waals surface area (Å²) in [5, 5.41) is 7.12. The van der Waals surface area contributed by atoms with Gasteiger partial charge in [0.15, 0.2) is 0 Å². The predicted molar refractivity (Wildman–Crippen MR) is 111 cm³/mol. The van der Waals surface area contributed by atoms with Crippen LogP contribution in [0.3, 0.4) is 0 Å². The molecule has 0 unspecified atom stereocenters. The minimum atomic E-state index is -5.08. The smallest absolute Gasteiger partial charge is 0.475 e. The number of carboxylic acids is 1. The van der Waals surface area contributed by atoms with E-state index in [1.807, 2.05) is 31.2 Å². The van der Waals surface area contributed by atoms with Crippen LogP contribution >= 0.6 is 12.6 Å². The maximum Gasteiger partial charge on any atom is 0.490 e. The van der Waals surface area contributed by atoms with E-state index in [-0.39, 0.29) is 11.9 Å². The first kappa shape index (κ1) is 26.8. The second kappa shape index (κ2) is 11.4. The summed E-state index contributed by atoms with van der Waals surface area (Å²) in [7, 11) is 1.43. The number of carboxylic acid groups (broad SMARTS) is 1. The zero-order chi connectivity index (χ0) is 23.8. The lowest BCUT2D eigenvalue weighted by Crippen LogP contribution is -2.52. The van der Waals surface area contributed by atoms with Gasteiger partial charge in [-0.1, -0.05) is 24.3 Å². The van der Waals surface area contributed by atoms with Crippen LogP contribution in [0.4, 0.5) is 13.2 Å². The molecule has 1 aliphatic heterocycles. The van der Waals surface area contributed by atoms with Crippen LogP contribution in [-0.4, -0.2) is 66.0 Å². The molecule has 31 heavy (non-hydrogen) atoms. The topological polar surface area (TPSA) is 110 Å². The van der Waals surface area contributed by atoms with Crippen LogP contribution in [0.15, 0.2) is 24.3 Å². The fraction of sp³-hybridized carbons (Fsp3) is 0.550. The number of alkyl halides is 3. The van der Waals surface area contributed by atoms with E-state index in [0.29, 0.717) is 38.1 Å². The van der Waals surface area contributed by atoms with Crippen LogP contribution in [0, 0.1) is 12.3 Å². The zero-order valence-electron chi connectivity index (χ0n) is 17.3. The van der Waals surface area contributed by atoms with Crippen molar-refractivity contribution in [2.75, 3.05) is 26.0 Å². The maximum absolute atomic E-state index is 12.5. The van der Waals surface area contributed by atoms with Crippen molar-refractivity contribution in [2.24, 2.45) is 11.1 Å². The molecule has 1 heterocycles. The van der Waals surface area contributed by atoms with Gasteiger partial charge < -0.3 is 20.5 Å². The van der Waals surface area contributed by atoms with Crippen LogP contribution in [0.5, 0.6) is 0 Å². The molecule has 1 fully saturated rings. The van der Waals surface area contributed by atoms with Crippen LogP contribution in [0.25, 0.3) is 0 Å². The van der Waals surface area contributed by atoms with Gasteiger partial charge in [-0.05, 0) is 37.3 Å². The Morgan fingerprint density at radius 2 is 1.77 bits per heavy atom. The van der Waals surface area contributed by atoms with E-state index < -0.39 is 23.6 Å². The van der Waals surface area contributed by atoms with Crippen molar-refractivity contribution in [3.63, 3.8) is 0 Å². The summed E-state index contributed by atoms with van der Waals surface area (Å²) < 4.78 is 36.8. The van der Waals surface area contributed by atoms with Crippen LogP contribution in [0.2, 0.25) is 0 Å². The second-order valence-corrected chi connectivity index (χ2v) is 7.66. The molecular formula is C20H27F3N2O5S. The number of thiol groups is 1. The Labute approximate surface area is 184 Å². The number of carbonyl (C=O) groups is 3. The number of nitrogens with two attached hydrogens (primary N) is 1. The highest BCUT2D eigenvalue weighted by molar-refractivity contribution is 7.80. The van der Waals surface area contributed by atoms with E-state index in [2.05, 4.69) is 12.6 Å². The fourth-order valence-electron chi connectivity index (χ4n) is 3.31. The summed E-state index contributed by atoms with van der Waals surface area (Å²) >= 11 is 4.09. The van der Waals surface area contributed by atoms with Gasteiger partial charge in [0.2, 0.25) is 5.91 Å². The fourth-order valence-corrected chi connectivity index (χ4v) is 3.47. The number of rotatable bonds is 5. The molecule has 0 saturated carbocycles. The van der Waals surface area contributed by atoms with Crippen molar-refractivity contribution in [1.29, 1.82) is 0 Å². The molecule has 1 aromatic rings. The Morgan fingerprint density at radius 3 is 2.19 bits per heavy atom. The van der Waals surface area contributed by atoms with Crippen molar-refractivity contribution >= 4 is 30.5 Å². The van der Waals surface area contributed by atoms with Gasteiger partial charge in [-0.2, -0.15) is 25.8 Å². The normalized spacial score (nSPS) is 16.5. The van der Waals surface area contributed by atoms with Crippen molar-refractivity contribution in [3.8, 4) is 0 Å². The lowest BCUT2D eigenvalue weighted by atomic mass is 9.73. The van der Waals surface area contributed by atoms with Gasteiger partial charge in [0.25, 0.3) is 0 Å². The summed E-state index contributed by atoms with van der Waals surface area (Å²) in [6.07, 6.45) is -3.29. The monoisotopic (exact) mass is 464 g/mol. The number of halogens is 3. The second-order valence-electron chi connectivity index (χ2n) is 7.29. The first-order valence-corrected chi connectivity index (χ1v) is 10.1. The number of methoxy groups -OCH3 is 1. The highest BCUT2D eigenvalue weighted by atomic mass is 32.1. The first-order valence-electron chi connectivity index (χ1n) is 9.46. The first-order chi connectivity index (χ1) is 14.4. The average Bonchev–Trinajstić information content (AvgIpc) is 2.74. The van der Waals surface area contributed by atoms with E-state index in [0.717, 1.165) is 11.1 Å². The number of aryl methyl sites for hydroxylation is 1. The molecule has 0 spiro atoms. The number of esters is 1. The molecule has 1 aliphatic rings. The lowest BCUT2D eigenvalue weighted by molar-refractivity contribution is -0.192. The molecule has 0 aromatic heterocycles. The number of piperidine rings is 1. The van der Waals surface area contributed by atoms with Gasteiger partial charge in [0.05, 0.1) is 18.6 Å². The lowest BCUT2D eigenvalue weighted by Gasteiger charge is -2.40. The van der Waals surface area contributed by atoms with E-state index in [9.17, 15) is 22.8 Å². The van der Waals surface area contributed by atoms with Gasteiger partial charge in [0, 0.05) is 18.8 Å². The van der Waals surface area contributed by atoms with Crippen LogP contribution in [-0.2, 0) is 25.5 Å². The van der Waals surface area contributed by atoms with Gasteiger partial charge in [0.1, 0.15) is 0 Å². The Balaban J connectivity index is 0.000000592. The molecule has 1 atom stereocenters. The number of hydrogen-bond donors (Lipinski definition) is 3. The van der Waals surface area contributed by atoms with Crippen molar-refractivity contribution in [2.45, 2.75) is 38.4 Å². The van der Waals surface area contributed by atoms with Gasteiger partial charge in [-0.25, -0.2) is 4.79 Å². The Kier molecular flexibility index (Phi) is 9.82. The number of ether oxygens (including phenoxy) is 1. The largest absolute Gasteiger partial charge is 0.490 e. The molecule has 3 N–H and O–H groups in total. The molecule has 0 bridgehead atoms. The number of aliphatic carboxylic acids is 1. The third kappa shape index (κ3) is 7.42. The molecule has 2 rings (SSSR count). The summed E-state index contributed by atoms with van der Waals surface area (Å²) in [5.74, 6) is -2.73. The SMILES string of the molecule is COC(=O)C1(Cc2ccccc2C)CCN(C(=O)[C@@H](N)CS)CC1.O=C(O)C(F)(F)F. The molecule has 1 saturated heterocycles. The molecule has 11 heteroatoms. The molecule has 1 aromatic carbocycles. The quantitative estimate of drug-likeness (QED) is 0.455. The van der Waals surface area contributed by atoms with Gasteiger partial charge in [-0.3, -0.25) is 9.59 Å². The minimum absolute atomic E-state index is 0.0978. The standard InChI is InChI=1S/C18H26N2O3S.C2HF3O2/c1-13-5-3-4-6-14(13)11-18(17(22)23-2)7-9-20(10-8-18)16(21)15(19)12-24;3-2(4,5)1(6)7/h3-6,15,24H,7-12,19H2,1-2H3;(H,6,7)/t15-;/m0./s1. The van der Waals surface area contributed by atoms with Crippen molar-refractivity contribution < 1.29 is 37.4 Å². The zero-order valence-corrected chi connectivity index (χ0v) is 18.2. The summed E-state index contributed by atoms with van der Waals surface area (Å²) in [5.41, 5.74) is 7.52. The minimum Gasteiger partial charge on any atom is -0.475 e. The number of amides is 1. The van der Waals surface area contributed by atoms with Crippen molar-refractivity contribution in [3.05, 3.63) is 35.4 Å². The molecule has 7 nitrogen and oxygen atoms in total. The highest BCUT2D eigenvalue weighted by Crippen LogP contribution is 2.37. The number of nitrogens with zero attached hydrogens (tertiary/aromatic N) is 1. The van der Waals surface area contributed by atoms with Crippen LogP contribution in [0.1, 0.15) is 24.0 Å². The molecule has 0 radical (unpaired) electrons. The van der Waals surface area contributed by atoms with E-state index in [1.54, 1.807) is 4.90 Å². The Morgan fingerprint density at radius 1 is 1.26 bits per heavy atom. The summed E-state index contributed by atoms with van der Waals surface area (Å²) in [6.45, 7) is 3.08. The average molecular weight is 465 g/mol. The van der Waals surface area contributed by atoms with E-state index >= 15 is 0 Å². The number of likely N-dealkylation sites (tertiary alicyclic amines) is 1. The predicted octanol–water partition coefficient (Wildman–Crippen LogP) is 2.21. The van der Waals surface area contributed by atoms with Gasteiger partial charge >= 0.3 is 18.1 Å². The number of hydrogen-bond acceptors (Lipinski definition) is 6. The maximum atomic E-state index is 12.5. The summed E-state index contributed by atoms with van der Waals surface area (Å²) in [6, 6.07) is 7.48. The third-order valence-electron chi connectivity index (χ3n) is 5.20. The number of carbonyl (C=O) groups excluding carboxylic acids is 2. The van der Waals surface area contributed by atoms with Gasteiger partial charge in [-0.15, -0.1) is 0 Å². The Bertz CT molecular complexity index is 780. The molecule has 174 valence electrons. The third-order valence-corrected chi connectivity index (χ3v) is 5.59. The molecule has 1 amide bonds. The van der Waals surface area contributed by atoms with E-state index in [1.165, 1.54) is 7.11 Å². The Hall–Kier alpha value is -2.27. The van der Waals surface area contributed by atoms with E-state index in [4.69, 9.17) is 20.4 Å². The molecular weight excluding hydrogens is 437 g/mol. The number of benzene rings is 1. The van der Waals surface area contributed by atoms with Crippen LogP contribution < -0.4 is 5.73 Å². The van der Waals surface area contributed by atoms with Crippen molar-refractivity contribution in [1.82, 2.24) is 4.90 Å². The molecule has 0 aliphatic carbocycles. The highest BCUT2D eigenvalue weighted by Gasteiger charge is 2.44.